The first kappa shape index (κ1) is 24.7. The lowest BCUT2D eigenvalue weighted by Gasteiger charge is -2.19. The Morgan fingerprint density at radius 1 is 1.06 bits per heavy atom. The van der Waals surface area contributed by atoms with Gasteiger partial charge in [0.05, 0.1) is 17.5 Å². The Morgan fingerprint density at radius 3 is 2.49 bits per heavy atom. The number of carbonyl (C=O) groups is 2. The maximum absolute atomic E-state index is 13.1. The predicted molar refractivity (Wildman–Crippen MR) is 140 cm³/mol. The summed E-state index contributed by atoms with van der Waals surface area (Å²) >= 11 is 1.72. The van der Waals surface area contributed by atoms with Gasteiger partial charge in [-0.25, -0.2) is 4.98 Å². The van der Waals surface area contributed by atoms with Crippen molar-refractivity contribution in [3.8, 4) is 0 Å². The Hall–Kier alpha value is -3.45. The molecule has 2 aromatic heterocycles. The number of benzene rings is 2. The van der Waals surface area contributed by atoms with E-state index in [-0.39, 0.29) is 12.3 Å². The van der Waals surface area contributed by atoms with Gasteiger partial charge in [-0.15, -0.1) is 11.3 Å². The van der Waals surface area contributed by atoms with Crippen molar-refractivity contribution in [2.45, 2.75) is 58.0 Å². The fourth-order valence-corrected chi connectivity index (χ4v) is 5.30. The average Bonchev–Trinajstić information content (AvgIpc) is 3.48. The number of aromatic nitrogens is 2. The van der Waals surface area contributed by atoms with Crippen LogP contribution in [-0.2, 0) is 17.6 Å². The molecule has 0 aliphatic rings. The van der Waals surface area contributed by atoms with Crippen LogP contribution in [0.4, 0.5) is 0 Å². The highest BCUT2D eigenvalue weighted by molar-refractivity contribution is 7.09. The maximum atomic E-state index is 13.1. The SMILES string of the molecule is CCC(CC)n1c(Cc2cccs2)nc2cc(C(=O)N[C@H](CC(=O)O)Cc3ccccc3)ccc21. The van der Waals surface area contributed by atoms with Crippen molar-refractivity contribution >= 4 is 34.2 Å². The molecule has 35 heavy (non-hydrogen) atoms. The monoisotopic (exact) mass is 489 g/mol. The first-order chi connectivity index (χ1) is 17.0. The number of carboxylic acid groups (broad SMARTS) is 1. The number of imidazole rings is 1. The molecule has 182 valence electrons. The molecule has 0 aliphatic carbocycles. The van der Waals surface area contributed by atoms with Crippen LogP contribution >= 0.6 is 11.3 Å². The number of thiophene rings is 1. The molecule has 2 N–H and O–H groups in total. The van der Waals surface area contributed by atoms with Gasteiger partial charge in [-0.05, 0) is 54.5 Å². The summed E-state index contributed by atoms with van der Waals surface area (Å²) in [6, 6.07) is 19.2. The van der Waals surface area contributed by atoms with E-state index in [1.54, 1.807) is 11.3 Å². The summed E-state index contributed by atoms with van der Waals surface area (Å²) in [5.74, 6) is -0.226. The van der Waals surface area contributed by atoms with E-state index < -0.39 is 12.0 Å². The van der Waals surface area contributed by atoms with Crippen LogP contribution in [0.15, 0.2) is 66.0 Å². The molecule has 0 bridgehead atoms. The van der Waals surface area contributed by atoms with Gasteiger partial charge in [0, 0.05) is 28.9 Å². The highest BCUT2D eigenvalue weighted by atomic mass is 32.1. The van der Waals surface area contributed by atoms with Crippen molar-refractivity contribution in [2.24, 2.45) is 0 Å². The predicted octanol–water partition coefficient (Wildman–Crippen LogP) is 5.87. The molecule has 7 heteroatoms. The maximum Gasteiger partial charge on any atom is 0.305 e. The minimum absolute atomic E-state index is 0.142. The van der Waals surface area contributed by atoms with E-state index in [4.69, 9.17) is 4.98 Å². The van der Waals surface area contributed by atoms with E-state index in [0.717, 1.165) is 41.7 Å². The lowest BCUT2D eigenvalue weighted by Crippen LogP contribution is -2.38. The van der Waals surface area contributed by atoms with E-state index in [0.29, 0.717) is 18.0 Å². The van der Waals surface area contributed by atoms with Crippen LogP contribution in [0.3, 0.4) is 0 Å². The largest absolute Gasteiger partial charge is 0.481 e. The summed E-state index contributed by atoms with van der Waals surface area (Å²) in [4.78, 5) is 30.7. The van der Waals surface area contributed by atoms with Gasteiger partial charge in [-0.1, -0.05) is 50.2 Å². The van der Waals surface area contributed by atoms with E-state index in [1.807, 2.05) is 48.5 Å². The van der Waals surface area contributed by atoms with Gasteiger partial charge in [-0.2, -0.15) is 0 Å². The van der Waals surface area contributed by atoms with Crippen LogP contribution in [0.5, 0.6) is 0 Å². The summed E-state index contributed by atoms with van der Waals surface area (Å²) in [7, 11) is 0. The zero-order valence-electron chi connectivity index (χ0n) is 20.1. The number of amides is 1. The molecule has 0 fully saturated rings. The van der Waals surface area contributed by atoms with Gasteiger partial charge in [0.25, 0.3) is 5.91 Å². The molecule has 2 aromatic carbocycles. The van der Waals surface area contributed by atoms with Crippen LogP contribution in [0.1, 0.15) is 65.8 Å². The molecule has 0 unspecified atom stereocenters. The normalized spacial score (nSPS) is 12.2. The highest BCUT2D eigenvalue weighted by Gasteiger charge is 2.21. The molecule has 1 atom stereocenters. The van der Waals surface area contributed by atoms with Crippen LogP contribution in [-0.4, -0.2) is 32.6 Å². The zero-order valence-corrected chi connectivity index (χ0v) is 20.9. The molecule has 0 saturated heterocycles. The zero-order chi connectivity index (χ0) is 24.8. The average molecular weight is 490 g/mol. The van der Waals surface area contributed by atoms with Gasteiger partial charge >= 0.3 is 5.97 Å². The molecule has 0 spiro atoms. The van der Waals surface area contributed by atoms with Crippen LogP contribution in [0, 0.1) is 0 Å². The standard InChI is InChI=1S/C28H31N3O3S/c1-3-22(4-2)31-25-13-12-20(16-24(25)30-26(31)18-23-11-8-14-35-23)28(34)29-21(17-27(32)33)15-19-9-6-5-7-10-19/h5-14,16,21-22H,3-4,15,17-18H2,1-2H3,(H,29,34)(H,32,33)/t21-/m0/s1. The molecule has 1 amide bonds. The molecule has 0 aliphatic heterocycles. The van der Waals surface area contributed by atoms with Gasteiger partial charge in [0.2, 0.25) is 0 Å². The molecule has 0 radical (unpaired) electrons. The number of hydrogen-bond donors (Lipinski definition) is 2. The Morgan fingerprint density at radius 2 is 1.83 bits per heavy atom. The second-order valence-electron chi connectivity index (χ2n) is 8.79. The lowest BCUT2D eigenvalue weighted by molar-refractivity contribution is -0.137. The van der Waals surface area contributed by atoms with Crippen molar-refractivity contribution in [1.82, 2.24) is 14.9 Å². The molecular weight excluding hydrogens is 458 g/mol. The van der Waals surface area contributed by atoms with E-state index >= 15 is 0 Å². The molecule has 2 heterocycles. The Labute approximate surface area is 209 Å². The summed E-state index contributed by atoms with van der Waals surface area (Å²) in [5.41, 5.74) is 3.27. The van der Waals surface area contributed by atoms with Crippen LogP contribution in [0.25, 0.3) is 11.0 Å². The number of rotatable bonds is 11. The molecular formula is C28H31N3O3S. The Kier molecular flexibility index (Phi) is 7.98. The van der Waals surface area contributed by atoms with E-state index in [2.05, 4.69) is 41.2 Å². The molecule has 6 nitrogen and oxygen atoms in total. The fraction of sp³-hybridized carbons (Fsp3) is 0.321. The number of nitrogens with one attached hydrogen (secondary N) is 1. The number of carbonyl (C=O) groups excluding carboxylic acids is 1. The first-order valence-electron chi connectivity index (χ1n) is 12.1. The van der Waals surface area contributed by atoms with Crippen LogP contribution < -0.4 is 5.32 Å². The third-order valence-electron chi connectivity index (χ3n) is 6.33. The van der Waals surface area contributed by atoms with Crippen molar-refractivity contribution in [3.05, 3.63) is 87.9 Å². The number of aliphatic carboxylic acids is 1. The van der Waals surface area contributed by atoms with Crippen molar-refractivity contribution in [1.29, 1.82) is 0 Å². The second-order valence-corrected chi connectivity index (χ2v) is 9.82. The number of nitrogens with zero attached hydrogens (tertiary/aromatic N) is 2. The van der Waals surface area contributed by atoms with Gasteiger partial charge in [-0.3, -0.25) is 9.59 Å². The summed E-state index contributed by atoms with van der Waals surface area (Å²) in [6.07, 6.45) is 3.06. The smallest absolute Gasteiger partial charge is 0.305 e. The van der Waals surface area contributed by atoms with Gasteiger partial charge in [0.1, 0.15) is 5.82 Å². The number of fused-ring (bicyclic) bond motifs is 1. The molecule has 4 rings (SSSR count). The third-order valence-corrected chi connectivity index (χ3v) is 7.20. The first-order valence-corrected chi connectivity index (χ1v) is 13.0. The summed E-state index contributed by atoms with van der Waals surface area (Å²) in [6.45, 7) is 4.37. The third kappa shape index (κ3) is 5.98. The molecule has 4 aromatic rings. The van der Waals surface area contributed by atoms with Crippen LogP contribution in [0.2, 0.25) is 0 Å². The Bertz CT molecular complexity index is 1280. The van der Waals surface area contributed by atoms with Crippen molar-refractivity contribution in [2.75, 3.05) is 0 Å². The van der Waals surface area contributed by atoms with E-state index in [9.17, 15) is 14.7 Å². The lowest BCUT2D eigenvalue weighted by atomic mass is 10.0. The number of hydrogen-bond acceptors (Lipinski definition) is 4. The summed E-state index contributed by atoms with van der Waals surface area (Å²) in [5, 5.41) is 14.4. The topological polar surface area (TPSA) is 84.2 Å². The Balaban J connectivity index is 1.62. The minimum Gasteiger partial charge on any atom is -0.481 e. The fourth-order valence-electron chi connectivity index (χ4n) is 4.60. The van der Waals surface area contributed by atoms with Crippen molar-refractivity contribution in [3.63, 3.8) is 0 Å². The van der Waals surface area contributed by atoms with Crippen molar-refractivity contribution < 1.29 is 14.7 Å². The highest BCUT2D eigenvalue weighted by Crippen LogP contribution is 2.28. The second kappa shape index (κ2) is 11.3. The van der Waals surface area contributed by atoms with E-state index in [1.165, 1.54) is 4.88 Å². The summed E-state index contributed by atoms with van der Waals surface area (Å²) < 4.78 is 2.32. The number of carboxylic acids is 1. The van der Waals surface area contributed by atoms with Gasteiger partial charge in [0.15, 0.2) is 0 Å². The van der Waals surface area contributed by atoms with Gasteiger partial charge < -0.3 is 15.0 Å². The quantitative estimate of drug-likeness (QED) is 0.276. The molecule has 0 saturated carbocycles. The minimum atomic E-state index is -0.941.